The van der Waals surface area contributed by atoms with Crippen LogP contribution < -0.4 is 16.0 Å². The molecule has 1 aromatic rings. The first-order valence-electron chi connectivity index (χ1n) is 7.57. The van der Waals surface area contributed by atoms with Gasteiger partial charge in [-0.2, -0.15) is 0 Å². The summed E-state index contributed by atoms with van der Waals surface area (Å²) >= 11 is 0. The Morgan fingerprint density at radius 3 is 3.00 bits per heavy atom. The zero-order valence-corrected chi connectivity index (χ0v) is 12.3. The normalized spacial score (nSPS) is 15.0. The third-order valence-corrected chi connectivity index (χ3v) is 4.04. The van der Waals surface area contributed by atoms with E-state index in [1.807, 2.05) is 6.92 Å². The molecular weight excluding hydrogens is 250 g/mol. The molecule has 1 heterocycles. The summed E-state index contributed by atoms with van der Waals surface area (Å²) < 4.78 is 0. The number of para-hydroxylation sites is 1. The van der Waals surface area contributed by atoms with Gasteiger partial charge in [-0.3, -0.25) is 4.79 Å². The van der Waals surface area contributed by atoms with Crippen molar-refractivity contribution in [1.82, 2.24) is 5.32 Å². The summed E-state index contributed by atoms with van der Waals surface area (Å²) in [5, 5.41) is 2.99. The molecule has 0 saturated carbocycles. The van der Waals surface area contributed by atoms with Gasteiger partial charge in [0, 0.05) is 37.8 Å². The number of hydrogen-bond acceptors (Lipinski definition) is 3. The quantitative estimate of drug-likeness (QED) is 0.742. The molecular formula is C16H25N3O. The molecule has 20 heavy (non-hydrogen) atoms. The van der Waals surface area contributed by atoms with Crippen LogP contribution >= 0.6 is 0 Å². The second kappa shape index (κ2) is 7.29. The van der Waals surface area contributed by atoms with Crippen LogP contribution in [0.25, 0.3) is 0 Å². The van der Waals surface area contributed by atoms with Crippen LogP contribution in [0.5, 0.6) is 0 Å². The van der Waals surface area contributed by atoms with Crippen LogP contribution in [0.15, 0.2) is 24.3 Å². The molecule has 1 aliphatic heterocycles. The van der Waals surface area contributed by atoms with Crippen molar-refractivity contribution < 1.29 is 4.79 Å². The number of benzene rings is 1. The van der Waals surface area contributed by atoms with E-state index in [1.165, 1.54) is 11.3 Å². The number of anilines is 1. The van der Waals surface area contributed by atoms with E-state index in [9.17, 15) is 4.79 Å². The summed E-state index contributed by atoms with van der Waals surface area (Å²) in [5.74, 6) is 0.0549. The van der Waals surface area contributed by atoms with Crippen molar-refractivity contribution in [2.45, 2.75) is 26.2 Å². The molecule has 1 atom stereocenters. The number of amides is 1. The predicted molar refractivity (Wildman–Crippen MR) is 82.8 cm³/mol. The van der Waals surface area contributed by atoms with E-state index in [2.05, 4.69) is 34.5 Å². The summed E-state index contributed by atoms with van der Waals surface area (Å²) in [6.45, 7) is 5.25. The van der Waals surface area contributed by atoms with Crippen LogP contribution in [-0.2, 0) is 11.2 Å². The maximum absolute atomic E-state index is 11.8. The average Bonchev–Trinajstić information content (AvgIpc) is 2.88. The van der Waals surface area contributed by atoms with Gasteiger partial charge in [0.05, 0.1) is 0 Å². The molecule has 0 aromatic heterocycles. The van der Waals surface area contributed by atoms with Crippen molar-refractivity contribution in [1.29, 1.82) is 0 Å². The Balaban J connectivity index is 1.71. The molecule has 2 rings (SSSR count). The van der Waals surface area contributed by atoms with E-state index in [1.54, 1.807) is 0 Å². The van der Waals surface area contributed by atoms with Gasteiger partial charge in [-0.05, 0) is 30.9 Å². The zero-order chi connectivity index (χ0) is 14.4. The predicted octanol–water partition coefficient (Wildman–Crippen LogP) is 1.54. The third kappa shape index (κ3) is 3.51. The van der Waals surface area contributed by atoms with Crippen molar-refractivity contribution in [3.05, 3.63) is 29.8 Å². The fourth-order valence-electron chi connectivity index (χ4n) is 2.72. The van der Waals surface area contributed by atoms with Crippen molar-refractivity contribution in [3.63, 3.8) is 0 Å². The van der Waals surface area contributed by atoms with E-state index >= 15 is 0 Å². The van der Waals surface area contributed by atoms with Crippen LogP contribution in [0.4, 0.5) is 5.69 Å². The second-order valence-corrected chi connectivity index (χ2v) is 5.35. The van der Waals surface area contributed by atoms with Crippen molar-refractivity contribution in [2.24, 2.45) is 11.7 Å². The SMILES string of the molecule is CCC(CN)C(=O)NCCCN1CCc2ccccc21. The molecule has 3 N–H and O–H groups in total. The highest BCUT2D eigenvalue weighted by atomic mass is 16.1. The van der Waals surface area contributed by atoms with Crippen molar-refractivity contribution in [2.75, 3.05) is 31.1 Å². The highest BCUT2D eigenvalue weighted by Crippen LogP contribution is 2.27. The fraction of sp³-hybridized carbons (Fsp3) is 0.562. The Kier molecular flexibility index (Phi) is 5.41. The van der Waals surface area contributed by atoms with Gasteiger partial charge in [-0.15, -0.1) is 0 Å². The molecule has 4 heteroatoms. The molecule has 0 radical (unpaired) electrons. The van der Waals surface area contributed by atoms with E-state index in [0.717, 1.165) is 38.9 Å². The average molecular weight is 275 g/mol. The standard InChI is InChI=1S/C16H25N3O/c1-2-13(12-17)16(20)18-9-5-10-19-11-8-14-6-3-4-7-15(14)19/h3-4,6-7,13H,2,5,8-12,17H2,1H3,(H,18,20). The molecule has 1 aromatic carbocycles. The lowest BCUT2D eigenvalue weighted by atomic mass is 10.1. The number of carbonyl (C=O) groups excluding carboxylic acids is 1. The van der Waals surface area contributed by atoms with Crippen LogP contribution in [0.1, 0.15) is 25.3 Å². The monoisotopic (exact) mass is 275 g/mol. The number of nitrogens with one attached hydrogen (secondary N) is 1. The largest absolute Gasteiger partial charge is 0.371 e. The van der Waals surface area contributed by atoms with Gasteiger partial charge < -0.3 is 16.0 Å². The number of carbonyl (C=O) groups is 1. The van der Waals surface area contributed by atoms with Gasteiger partial charge in [0.1, 0.15) is 0 Å². The van der Waals surface area contributed by atoms with Crippen molar-refractivity contribution in [3.8, 4) is 0 Å². The number of nitrogens with two attached hydrogens (primary N) is 1. The smallest absolute Gasteiger partial charge is 0.224 e. The van der Waals surface area contributed by atoms with Gasteiger partial charge in [-0.1, -0.05) is 25.1 Å². The molecule has 1 aliphatic rings. The number of rotatable bonds is 7. The topological polar surface area (TPSA) is 58.4 Å². The van der Waals surface area contributed by atoms with Gasteiger partial charge in [-0.25, -0.2) is 0 Å². The Morgan fingerprint density at radius 1 is 1.45 bits per heavy atom. The van der Waals surface area contributed by atoms with Crippen LogP contribution in [0.3, 0.4) is 0 Å². The highest BCUT2D eigenvalue weighted by molar-refractivity contribution is 5.78. The molecule has 0 aliphatic carbocycles. The lowest BCUT2D eigenvalue weighted by Crippen LogP contribution is -2.36. The summed E-state index contributed by atoms with van der Waals surface area (Å²) in [5.41, 5.74) is 8.36. The van der Waals surface area contributed by atoms with Gasteiger partial charge in [0.2, 0.25) is 5.91 Å². The molecule has 4 nitrogen and oxygen atoms in total. The van der Waals surface area contributed by atoms with Gasteiger partial charge >= 0.3 is 0 Å². The van der Waals surface area contributed by atoms with E-state index in [0.29, 0.717) is 6.54 Å². The van der Waals surface area contributed by atoms with Crippen LogP contribution in [0, 0.1) is 5.92 Å². The van der Waals surface area contributed by atoms with Crippen molar-refractivity contribution >= 4 is 11.6 Å². The first-order chi connectivity index (χ1) is 9.76. The summed E-state index contributed by atoms with van der Waals surface area (Å²) in [6, 6.07) is 8.57. The zero-order valence-electron chi connectivity index (χ0n) is 12.3. The molecule has 0 bridgehead atoms. The Bertz CT molecular complexity index is 443. The molecule has 1 amide bonds. The Hall–Kier alpha value is -1.55. The van der Waals surface area contributed by atoms with E-state index in [4.69, 9.17) is 5.73 Å². The minimum Gasteiger partial charge on any atom is -0.371 e. The van der Waals surface area contributed by atoms with Crippen LogP contribution in [-0.4, -0.2) is 32.1 Å². The highest BCUT2D eigenvalue weighted by Gasteiger charge is 2.18. The van der Waals surface area contributed by atoms with Crippen LogP contribution in [0.2, 0.25) is 0 Å². The molecule has 1 unspecified atom stereocenters. The molecule has 0 spiro atoms. The number of nitrogens with zero attached hydrogens (tertiary/aromatic N) is 1. The summed E-state index contributed by atoms with van der Waals surface area (Å²) in [7, 11) is 0. The lowest BCUT2D eigenvalue weighted by molar-refractivity contribution is -0.124. The van der Waals surface area contributed by atoms with E-state index in [-0.39, 0.29) is 11.8 Å². The first-order valence-corrected chi connectivity index (χ1v) is 7.57. The second-order valence-electron chi connectivity index (χ2n) is 5.35. The third-order valence-electron chi connectivity index (χ3n) is 4.04. The number of fused-ring (bicyclic) bond motifs is 1. The maximum Gasteiger partial charge on any atom is 0.224 e. The lowest BCUT2D eigenvalue weighted by Gasteiger charge is -2.19. The summed E-state index contributed by atoms with van der Waals surface area (Å²) in [6.07, 6.45) is 2.91. The molecule has 0 fully saturated rings. The fourth-order valence-corrected chi connectivity index (χ4v) is 2.72. The van der Waals surface area contributed by atoms with E-state index < -0.39 is 0 Å². The minimum absolute atomic E-state index is 0.0393. The minimum atomic E-state index is -0.0393. The van der Waals surface area contributed by atoms with Gasteiger partial charge in [0.15, 0.2) is 0 Å². The maximum atomic E-state index is 11.8. The Morgan fingerprint density at radius 2 is 2.25 bits per heavy atom. The Labute approximate surface area is 121 Å². The number of hydrogen-bond donors (Lipinski definition) is 2. The molecule has 0 saturated heterocycles. The first kappa shape index (κ1) is 14.9. The summed E-state index contributed by atoms with van der Waals surface area (Å²) in [4.78, 5) is 14.2. The van der Waals surface area contributed by atoms with Gasteiger partial charge in [0.25, 0.3) is 0 Å². The molecule has 110 valence electrons.